The van der Waals surface area contributed by atoms with E-state index in [0.29, 0.717) is 5.75 Å². The summed E-state index contributed by atoms with van der Waals surface area (Å²) in [5.41, 5.74) is 2.02. The highest BCUT2D eigenvalue weighted by atomic mass is 16.5. The SMILES string of the molecule is CCCCCCCCCCCCCCCCCCCCCCc1cc(O)c(C)c(OC)c1. The monoisotopic (exact) mass is 446 g/mol. The van der Waals surface area contributed by atoms with Gasteiger partial charge in [0.1, 0.15) is 11.5 Å². The Kier molecular flexibility index (Phi) is 18.4. The highest BCUT2D eigenvalue weighted by Crippen LogP contribution is 2.29. The summed E-state index contributed by atoms with van der Waals surface area (Å²) in [5, 5.41) is 10.00. The Bertz CT molecular complexity index is 552. The number of methoxy groups -OCH3 is 1. The molecular formula is C30H54O2. The van der Waals surface area contributed by atoms with Gasteiger partial charge in [0.2, 0.25) is 0 Å². The number of aryl methyl sites for hydroxylation is 1. The number of ether oxygens (including phenoxy) is 1. The highest BCUT2D eigenvalue weighted by molar-refractivity contribution is 5.46. The van der Waals surface area contributed by atoms with Crippen LogP contribution in [0.25, 0.3) is 0 Å². The number of rotatable bonds is 22. The van der Waals surface area contributed by atoms with Crippen LogP contribution < -0.4 is 4.74 Å². The molecule has 0 heterocycles. The number of unbranched alkanes of at least 4 members (excludes halogenated alkanes) is 19. The first-order valence-electron chi connectivity index (χ1n) is 14.1. The van der Waals surface area contributed by atoms with Crippen LogP contribution in [0.4, 0.5) is 0 Å². The van der Waals surface area contributed by atoms with Crippen LogP contribution in [0, 0.1) is 6.92 Å². The fourth-order valence-electron chi connectivity index (χ4n) is 4.67. The summed E-state index contributed by atoms with van der Waals surface area (Å²) in [6.45, 7) is 4.19. The van der Waals surface area contributed by atoms with Crippen molar-refractivity contribution in [2.45, 2.75) is 149 Å². The zero-order valence-corrected chi connectivity index (χ0v) is 21.9. The van der Waals surface area contributed by atoms with E-state index in [2.05, 4.69) is 13.0 Å². The lowest BCUT2D eigenvalue weighted by Crippen LogP contribution is -1.92. The maximum atomic E-state index is 10.00. The average molecular weight is 447 g/mol. The second-order valence-corrected chi connectivity index (χ2v) is 9.91. The molecule has 1 aromatic rings. The zero-order chi connectivity index (χ0) is 23.3. The first-order valence-corrected chi connectivity index (χ1v) is 14.1. The van der Waals surface area contributed by atoms with Crippen LogP contribution in [-0.4, -0.2) is 12.2 Å². The van der Waals surface area contributed by atoms with Gasteiger partial charge in [0.15, 0.2) is 0 Å². The van der Waals surface area contributed by atoms with Crippen LogP contribution in [0.3, 0.4) is 0 Å². The molecule has 0 saturated heterocycles. The molecule has 0 aliphatic rings. The van der Waals surface area contributed by atoms with Gasteiger partial charge >= 0.3 is 0 Å². The van der Waals surface area contributed by atoms with Gasteiger partial charge < -0.3 is 9.84 Å². The molecule has 0 aromatic heterocycles. The molecule has 32 heavy (non-hydrogen) atoms. The molecule has 2 nitrogen and oxygen atoms in total. The van der Waals surface area contributed by atoms with Crippen molar-refractivity contribution < 1.29 is 9.84 Å². The Morgan fingerprint density at radius 3 is 1.34 bits per heavy atom. The topological polar surface area (TPSA) is 29.5 Å². The van der Waals surface area contributed by atoms with Crippen LogP contribution in [0.15, 0.2) is 12.1 Å². The number of aromatic hydroxyl groups is 1. The fraction of sp³-hybridized carbons (Fsp3) is 0.800. The third-order valence-corrected chi connectivity index (χ3v) is 6.93. The smallest absolute Gasteiger partial charge is 0.125 e. The van der Waals surface area contributed by atoms with Crippen molar-refractivity contribution in [3.05, 3.63) is 23.3 Å². The average Bonchev–Trinajstić information content (AvgIpc) is 2.79. The summed E-state index contributed by atoms with van der Waals surface area (Å²) in [5.74, 6) is 1.15. The van der Waals surface area contributed by atoms with Crippen LogP contribution in [0.2, 0.25) is 0 Å². The van der Waals surface area contributed by atoms with Crippen LogP contribution in [0.5, 0.6) is 11.5 Å². The molecule has 0 saturated carbocycles. The van der Waals surface area contributed by atoms with Gasteiger partial charge in [-0.3, -0.25) is 0 Å². The number of hydrogen-bond donors (Lipinski definition) is 1. The molecule has 1 aromatic carbocycles. The van der Waals surface area contributed by atoms with Gasteiger partial charge in [0, 0.05) is 5.56 Å². The molecule has 0 bridgehead atoms. The van der Waals surface area contributed by atoms with Gasteiger partial charge in [-0.15, -0.1) is 0 Å². The lowest BCUT2D eigenvalue weighted by molar-refractivity contribution is 0.402. The molecule has 0 aliphatic heterocycles. The summed E-state index contributed by atoms with van der Waals surface area (Å²) in [6.07, 6.45) is 29.3. The molecule has 1 N–H and O–H groups in total. The van der Waals surface area contributed by atoms with E-state index in [9.17, 15) is 5.11 Å². The van der Waals surface area contributed by atoms with E-state index in [1.54, 1.807) is 7.11 Å². The molecule has 0 fully saturated rings. The summed E-state index contributed by atoms with van der Waals surface area (Å²) in [6, 6.07) is 3.97. The predicted molar refractivity (Wildman–Crippen MR) is 141 cm³/mol. The number of benzene rings is 1. The van der Waals surface area contributed by atoms with Crippen molar-refractivity contribution in [1.82, 2.24) is 0 Å². The van der Waals surface area contributed by atoms with Crippen molar-refractivity contribution >= 4 is 0 Å². The predicted octanol–water partition coefficient (Wildman–Crippen LogP) is 10.1. The van der Waals surface area contributed by atoms with Crippen LogP contribution in [0.1, 0.15) is 146 Å². The highest BCUT2D eigenvalue weighted by Gasteiger charge is 2.06. The molecule has 2 heteroatoms. The van der Waals surface area contributed by atoms with E-state index < -0.39 is 0 Å². The molecule has 0 spiro atoms. The Morgan fingerprint density at radius 2 is 0.969 bits per heavy atom. The Balaban J connectivity index is 1.81. The number of phenols is 1. The van der Waals surface area contributed by atoms with E-state index >= 15 is 0 Å². The van der Waals surface area contributed by atoms with Gasteiger partial charge in [0.25, 0.3) is 0 Å². The van der Waals surface area contributed by atoms with Crippen molar-refractivity contribution in [2.24, 2.45) is 0 Å². The maximum Gasteiger partial charge on any atom is 0.125 e. The Labute approximate surface area is 200 Å². The van der Waals surface area contributed by atoms with Gasteiger partial charge in [-0.2, -0.15) is 0 Å². The summed E-state index contributed by atoms with van der Waals surface area (Å²) in [4.78, 5) is 0. The second-order valence-electron chi connectivity index (χ2n) is 9.91. The second kappa shape index (κ2) is 20.4. The van der Waals surface area contributed by atoms with Gasteiger partial charge in [0.05, 0.1) is 7.11 Å². The standard InChI is InChI=1S/C30H54O2/c1-4-5-6-7-8-9-10-11-12-13-14-15-16-17-18-19-20-21-22-23-24-28-25-29(31)27(2)30(26-28)32-3/h25-26,31H,4-24H2,1-3H3. The largest absolute Gasteiger partial charge is 0.508 e. The Hall–Kier alpha value is -1.18. The van der Waals surface area contributed by atoms with Gasteiger partial charge in [-0.05, 0) is 37.5 Å². The van der Waals surface area contributed by atoms with Crippen molar-refractivity contribution in [2.75, 3.05) is 7.11 Å². The third-order valence-electron chi connectivity index (χ3n) is 6.93. The molecule has 0 unspecified atom stereocenters. The van der Waals surface area contributed by atoms with E-state index in [1.165, 1.54) is 134 Å². The lowest BCUT2D eigenvalue weighted by Gasteiger charge is -2.10. The minimum absolute atomic E-state index is 0.354. The quantitative estimate of drug-likeness (QED) is 0.179. The molecule has 0 radical (unpaired) electrons. The normalized spacial score (nSPS) is 11.2. The van der Waals surface area contributed by atoms with Crippen molar-refractivity contribution in [1.29, 1.82) is 0 Å². The van der Waals surface area contributed by atoms with Crippen molar-refractivity contribution in [3.8, 4) is 11.5 Å². The lowest BCUT2D eigenvalue weighted by atomic mass is 10.0. The van der Waals surface area contributed by atoms with E-state index in [-0.39, 0.29) is 0 Å². The first-order chi connectivity index (χ1) is 15.7. The summed E-state index contributed by atoms with van der Waals surface area (Å²) < 4.78 is 5.35. The van der Waals surface area contributed by atoms with Crippen LogP contribution >= 0.6 is 0 Å². The summed E-state index contributed by atoms with van der Waals surface area (Å²) in [7, 11) is 1.67. The van der Waals surface area contributed by atoms with Crippen LogP contribution in [-0.2, 0) is 6.42 Å². The zero-order valence-electron chi connectivity index (χ0n) is 21.9. The molecular weight excluding hydrogens is 392 g/mol. The Morgan fingerprint density at radius 1 is 0.594 bits per heavy atom. The summed E-state index contributed by atoms with van der Waals surface area (Å²) >= 11 is 0. The van der Waals surface area contributed by atoms with E-state index in [4.69, 9.17) is 4.74 Å². The molecule has 0 amide bonds. The molecule has 0 aliphatic carbocycles. The molecule has 0 atom stereocenters. The molecule has 1 rings (SSSR count). The third kappa shape index (κ3) is 14.8. The number of phenolic OH excluding ortho intramolecular Hbond substituents is 1. The van der Waals surface area contributed by atoms with E-state index in [1.807, 2.05) is 13.0 Å². The first kappa shape index (κ1) is 28.9. The van der Waals surface area contributed by atoms with E-state index in [0.717, 1.165) is 17.7 Å². The minimum Gasteiger partial charge on any atom is -0.508 e. The van der Waals surface area contributed by atoms with Gasteiger partial charge in [-0.25, -0.2) is 0 Å². The number of hydrogen-bond acceptors (Lipinski definition) is 2. The maximum absolute atomic E-state index is 10.00. The molecule has 186 valence electrons. The van der Waals surface area contributed by atoms with Gasteiger partial charge in [-0.1, -0.05) is 129 Å². The van der Waals surface area contributed by atoms with Crippen molar-refractivity contribution in [3.63, 3.8) is 0 Å². The fourth-order valence-corrected chi connectivity index (χ4v) is 4.67. The minimum atomic E-state index is 0.354.